The van der Waals surface area contributed by atoms with Crippen LogP contribution in [0.15, 0.2) is 41.3 Å². The molecule has 7 nitrogen and oxygen atoms in total. The highest BCUT2D eigenvalue weighted by Crippen LogP contribution is 2.38. The highest BCUT2D eigenvalue weighted by molar-refractivity contribution is 7.89. The number of ether oxygens (including phenoxy) is 3. The lowest BCUT2D eigenvalue weighted by atomic mass is 10.2. The molecule has 26 heavy (non-hydrogen) atoms. The molecule has 0 aliphatic rings. The minimum Gasteiger partial charge on any atom is -0.493 e. The van der Waals surface area contributed by atoms with Crippen LogP contribution in [0.25, 0.3) is 0 Å². The normalized spacial score (nSPS) is 10.9. The third-order valence-electron chi connectivity index (χ3n) is 3.81. The van der Waals surface area contributed by atoms with Gasteiger partial charge in [-0.05, 0) is 36.8 Å². The fourth-order valence-electron chi connectivity index (χ4n) is 2.43. The van der Waals surface area contributed by atoms with Gasteiger partial charge in [-0.25, -0.2) is 12.7 Å². The van der Waals surface area contributed by atoms with Gasteiger partial charge in [-0.3, -0.25) is 4.79 Å². The second kappa shape index (κ2) is 8.09. The van der Waals surface area contributed by atoms with Crippen molar-refractivity contribution >= 4 is 16.4 Å². The smallest absolute Gasteiger partial charge is 0.266 e. The van der Waals surface area contributed by atoms with Gasteiger partial charge in [-0.1, -0.05) is 17.7 Å². The first-order chi connectivity index (χ1) is 12.4. The van der Waals surface area contributed by atoms with Crippen LogP contribution in [0.2, 0.25) is 0 Å². The molecule has 0 heterocycles. The molecule has 0 unspecified atom stereocenters. The topological polar surface area (TPSA) is 82.1 Å². The van der Waals surface area contributed by atoms with Crippen LogP contribution >= 0.6 is 0 Å². The van der Waals surface area contributed by atoms with E-state index in [0.717, 1.165) is 9.87 Å². The maximum atomic E-state index is 12.7. The van der Waals surface area contributed by atoms with Gasteiger partial charge in [0.05, 0.1) is 32.8 Å². The molecule has 0 aliphatic carbocycles. The van der Waals surface area contributed by atoms with Crippen LogP contribution in [0.5, 0.6) is 17.2 Å². The summed E-state index contributed by atoms with van der Waals surface area (Å²) in [5.41, 5.74) is 1.44. The maximum Gasteiger partial charge on any atom is 0.266 e. The molecule has 2 aromatic rings. The number of amides is 1. The molecule has 0 N–H and O–H groups in total. The van der Waals surface area contributed by atoms with Gasteiger partial charge in [0.15, 0.2) is 11.5 Å². The van der Waals surface area contributed by atoms with E-state index in [1.54, 1.807) is 24.3 Å². The van der Waals surface area contributed by atoms with Crippen LogP contribution in [0.1, 0.15) is 11.1 Å². The van der Waals surface area contributed by atoms with Crippen molar-refractivity contribution in [3.05, 3.63) is 47.5 Å². The van der Waals surface area contributed by atoms with E-state index < -0.39 is 10.0 Å². The summed E-state index contributed by atoms with van der Waals surface area (Å²) in [6, 6.07) is 9.49. The molecular formula is C18H21NO6S. The van der Waals surface area contributed by atoms with E-state index in [-0.39, 0.29) is 11.4 Å². The summed E-state index contributed by atoms with van der Waals surface area (Å²) in [7, 11) is 0.423. The third kappa shape index (κ3) is 3.91. The Morgan fingerprint density at radius 3 is 1.92 bits per heavy atom. The van der Waals surface area contributed by atoms with Crippen molar-refractivity contribution in [2.75, 3.05) is 21.3 Å². The van der Waals surface area contributed by atoms with E-state index in [1.807, 2.05) is 6.92 Å². The fourth-order valence-corrected chi connectivity index (χ4v) is 3.61. The van der Waals surface area contributed by atoms with Gasteiger partial charge in [0.2, 0.25) is 12.2 Å². The number of nitrogens with zero attached hydrogens (tertiary/aromatic N) is 1. The molecule has 140 valence electrons. The van der Waals surface area contributed by atoms with Gasteiger partial charge in [0.1, 0.15) is 0 Å². The average Bonchev–Trinajstić information content (AvgIpc) is 2.65. The van der Waals surface area contributed by atoms with Crippen LogP contribution < -0.4 is 14.2 Å². The monoisotopic (exact) mass is 379 g/mol. The summed E-state index contributed by atoms with van der Waals surface area (Å²) < 4.78 is 41.9. The molecule has 0 radical (unpaired) electrons. The standard InChI is InChI=1S/C18H21NO6S/c1-13-5-7-15(8-6-13)26(21,22)19(12-20)11-14-9-16(23-2)18(25-4)17(10-14)24-3/h5-10,12H,11H2,1-4H3. The van der Waals surface area contributed by atoms with Crippen LogP contribution in [-0.4, -0.2) is 40.5 Å². The SMILES string of the molecule is COc1cc(CN(C=O)S(=O)(=O)c2ccc(C)cc2)cc(OC)c1OC. The maximum absolute atomic E-state index is 12.7. The summed E-state index contributed by atoms with van der Waals surface area (Å²) in [4.78, 5) is 11.5. The molecule has 0 fully saturated rings. The minimum atomic E-state index is -3.97. The van der Waals surface area contributed by atoms with E-state index >= 15 is 0 Å². The van der Waals surface area contributed by atoms with Gasteiger partial charge in [0, 0.05) is 0 Å². The number of rotatable bonds is 8. The van der Waals surface area contributed by atoms with Crippen molar-refractivity contribution < 1.29 is 27.4 Å². The van der Waals surface area contributed by atoms with E-state index in [2.05, 4.69) is 0 Å². The first-order valence-electron chi connectivity index (χ1n) is 7.70. The number of sulfonamides is 1. The Hall–Kier alpha value is -2.74. The van der Waals surface area contributed by atoms with Crippen molar-refractivity contribution in [3.8, 4) is 17.2 Å². The Morgan fingerprint density at radius 2 is 1.50 bits per heavy atom. The Balaban J connectivity index is 2.41. The quantitative estimate of drug-likeness (QED) is 0.655. The van der Waals surface area contributed by atoms with E-state index in [4.69, 9.17) is 14.2 Å². The minimum absolute atomic E-state index is 0.0441. The number of carbonyl (C=O) groups is 1. The molecule has 0 aliphatic heterocycles. The Bertz CT molecular complexity index is 852. The highest BCUT2D eigenvalue weighted by Gasteiger charge is 2.24. The van der Waals surface area contributed by atoms with E-state index in [1.165, 1.54) is 33.5 Å². The molecule has 1 amide bonds. The van der Waals surface area contributed by atoms with Crippen molar-refractivity contribution in [3.63, 3.8) is 0 Å². The number of carbonyl (C=O) groups excluding carboxylic acids is 1. The Kier molecular flexibility index (Phi) is 6.10. The lowest BCUT2D eigenvalue weighted by molar-refractivity contribution is -0.114. The molecule has 0 bridgehead atoms. The molecule has 0 atom stereocenters. The largest absolute Gasteiger partial charge is 0.493 e. The predicted molar refractivity (Wildman–Crippen MR) is 96.1 cm³/mol. The Labute approximate surface area is 153 Å². The Morgan fingerprint density at radius 1 is 0.962 bits per heavy atom. The first-order valence-corrected chi connectivity index (χ1v) is 9.14. The molecule has 2 rings (SSSR count). The molecule has 2 aromatic carbocycles. The molecule has 0 aromatic heterocycles. The van der Waals surface area contributed by atoms with Crippen molar-refractivity contribution in [1.82, 2.24) is 4.31 Å². The number of methoxy groups -OCH3 is 3. The lowest BCUT2D eigenvalue weighted by Gasteiger charge is -2.20. The molecule has 0 spiro atoms. The second-order valence-electron chi connectivity index (χ2n) is 5.50. The van der Waals surface area contributed by atoms with Gasteiger partial charge in [0.25, 0.3) is 10.0 Å². The number of benzene rings is 2. The van der Waals surface area contributed by atoms with E-state index in [0.29, 0.717) is 29.2 Å². The van der Waals surface area contributed by atoms with Gasteiger partial charge in [-0.2, -0.15) is 0 Å². The fraction of sp³-hybridized carbons (Fsp3) is 0.278. The highest BCUT2D eigenvalue weighted by atomic mass is 32.2. The number of hydrogen-bond donors (Lipinski definition) is 0. The van der Waals surface area contributed by atoms with Crippen molar-refractivity contribution in [1.29, 1.82) is 0 Å². The predicted octanol–water partition coefficient (Wildman–Crippen LogP) is 2.37. The zero-order valence-corrected chi connectivity index (χ0v) is 15.9. The van der Waals surface area contributed by atoms with Crippen LogP contribution in [-0.2, 0) is 21.4 Å². The summed E-state index contributed by atoms with van der Waals surface area (Å²) in [5.74, 6) is 1.14. The van der Waals surface area contributed by atoms with Crippen LogP contribution in [0, 0.1) is 6.92 Å². The molecule has 0 saturated heterocycles. The zero-order chi connectivity index (χ0) is 19.3. The van der Waals surface area contributed by atoms with Crippen LogP contribution in [0.3, 0.4) is 0 Å². The van der Waals surface area contributed by atoms with Crippen molar-refractivity contribution in [2.45, 2.75) is 18.4 Å². The second-order valence-corrected chi connectivity index (χ2v) is 7.39. The van der Waals surface area contributed by atoms with Gasteiger partial charge < -0.3 is 14.2 Å². The van der Waals surface area contributed by atoms with Crippen LogP contribution in [0.4, 0.5) is 0 Å². The summed E-state index contributed by atoms with van der Waals surface area (Å²) in [6.45, 7) is 1.68. The van der Waals surface area contributed by atoms with E-state index in [9.17, 15) is 13.2 Å². The molecule has 8 heteroatoms. The van der Waals surface area contributed by atoms with Crippen molar-refractivity contribution in [2.24, 2.45) is 0 Å². The number of hydrogen-bond acceptors (Lipinski definition) is 6. The van der Waals surface area contributed by atoms with Gasteiger partial charge in [-0.15, -0.1) is 0 Å². The summed E-state index contributed by atoms with van der Waals surface area (Å²) in [6.07, 6.45) is 0.290. The van der Waals surface area contributed by atoms with Gasteiger partial charge >= 0.3 is 0 Å². The zero-order valence-electron chi connectivity index (χ0n) is 15.1. The third-order valence-corrected chi connectivity index (χ3v) is 5.51. The number of aryl methyl sites for hydroxylation is 1. The molecule has 0 saturated carbocycles. The molecular weight excluding hydrogens is 358 g/mol. The summed E-state index contributed by atoms with van der Waals surface area (Å²) in [5, 5.41) is 0. The first kappa shape index (κ1) is 19.6. The lowest BCUT2D eigenvalue weighted by Crippen LogP contribution is -2.29. The average molecular weight is 379 g/mol. The summed E-state index contributed by atoms with van der Waals surface area (Å²) >= 11 is 0.